The average molecular weight is 320 g/mol. The van der Waals surface area contributed by atoms with Crippen LogP contribution in [0.2, 0.25) is 0 Å². The van der Waals surface area contributed by atoms with E-state index >= 15 is 0 Å². The number of hydrogen-bond acceptors (Lipinski definition) is 1. The molecule has 0 amide bonds. The molecule has 126 valence electrons. The first-order chi connectivity index (χ1) is 11.9. The van der Waals surface area contributed by atoms with Gasteiger partial charge in [0.1, 0.15) is 0 Å². The second-order valence-corrected chi connectivity index (χ2v) is 7.16. The summed E-state index contributed by atoms with van der Waals surface area (Å²) in [5.74, 6) is 0. The van der Waals surface area contributed by atoms with Crippen LogP contribution < -0.4 is 0 Å². The third-order valence-electron chi connectivity index (χ3n) is 5.51. The zero-order chi connectivity index (χ0) is 16.4. The minimum Gasteiger partial charge on any atom is -0.341 e. The van der Waals surface area contributed by atoms with Crippen LogP contribution in [0.4, 0.5) is 0 Å². The largest absolute Gasteiger partial charge is 0.341 e. The van der Waals surface area contributed by atoms with Crippen LogP contribution in [0.1, 0.15) is 44.6 Å². The summed E-state index contributed by atoms with van der Waals surface area (Å²) < 4.78 is 2.44. The minimum atomic E-state index is 1.02. The van der Waals surface area contributed by atoms with E-state index in [1.807, 2.05) is 0 Å². The summed E-state index contributed by atoms with van der Waals surface area (Å²) in [5.41, 5.74) is 4.19. The molecule has 1 aliphatic rings. The first kappa shape index (κ1) is 15.7. The van der Waals surface area contributed by atoms with Crippen LogP contribution in [0.3, 0.4) is 0 Å². The van der Waals surface area contributed by atoms with Crippen molar-refractivity contribution in [1.29, 1.82) is 0 Å². The molecule has 1 aromatic heterocycles. The van der Waals surface area contributed by atoms with Crippen LogP contribution in [-0.2, 0) is 13.1 Å². The van der Waals surface area contributed by atoms with E-state index in [4.69, 9.17) is 0 Å². The summed E-state index contributed by atoms with van der Waals surface area (Å²) in [6, 6.07) is 15.9. The third-order valence-corrected chi connectivity index (χ3v) is 5.51. The van der Waals surface area contributed by atoms with Gasteiger partial charge in [-0.3, -0.25) is 4.90 Å². The van der Waals surface area contributed by atoms with Gasteiger partial charge in [0.15, 0.2) is 0 Å². The molecule has 1 aliphatic heterocycles. The molecule has 2 heteroatoms. The highest BCUT2D eigenvalue weighted by atomic mass is 15.1. The van der Waals surface area contributed by atoms with Gasteiger partial charge in [0.2, 0.25) is 0 Å². The zero-order valence-corrected chi connectivity index (χ0v) is 14.8. The second-order valence-electron chi connectivity index (χ2n) is 7.16. The monoisotopic (exact) mass is 320 g/mol. The predicted molar refractivity (Wildman–Crippen MR) is 103 cm³/mol. The molecule has 3 aromatic rings. The van der Waals surface area contributed by atoms with Gasteiger partial charge in [0, 0.05) is 34.9 Å². The highest BCUT2D eigenvalue weighted by molar-refractivity contribution is 6.08. The quantitative estimate of drug-likeness (QED) is 0.611. The van der Waals surface area contributed by atoms with Crippen molar-refractivity contribution >= 4 is 21.8 Å². The molecule has 2 aromatic carbocycles. The van der Waals surface area contributed by atoms with E-state index < -0.39 is 0 Å². The fourth-order valence-corrected chi connectivity index (χ4v) is 4.27. The highest BCUT2D eigenvalue weighted by Gasteiger charge is 2.12. The highest BCUT2D eigenvalue weighted by Crippen LogP contribution is 2.30. The van der Waals surface area contributed by atoms with Crippen LogP contribution in [0, 0.1) is 0 Å². The van der Waals surface area contributed by atoms with Crippen molar-refractivity contribution in [3.05, 3.63) is 48.0 Å². The Balaban J connectivity index is 1.68. The molecule has 0 N–H and O–H groups in total. The lowest BCUT2D eigenvalue weighted by molar-refractivity contribution is 0.240. The van der Waals surface area contributed by atoms with Gasteiger partial charge in [-0.25, -0.2) is 0 Å². The minimum absolute atomic E-state index is 1.02. The molecule has 1 saturated heterocycles. The first-order valence-corrected chi connectivity index (χ1v) is 9.59. The normalized spacial score (nSPS) is 17.2. The fourth-order valence-electron chi connectivity index (χ4n) is 4.27. The molecule has 0 unspecified atom stereocenters. The lowest BCUT2D eigenvalue weighted by atomic mass is 10.1. The Morgan fingerprint density at radius 1 is 0.792 bits per heavy atom. The molecule has 1 fully saturated rings. The number of aromatic nitrogens is 1. The van der Waals surface area contributed by atoms with Crippen molar-refractivity contribution < 1.29 is 0 Å². The molecule has 2 nitrogen and oxygen atoms in total. The van der Waals surface area contributed by atoms with Crippen molar-refractivity contribution in [2.45, 2.75) is 52.1 Å². The van der Waals surface area contributed by atoms with Crippen molar-refractivity contribution in [2.24, 2.45) is 0 Å². The topological polar surface area (TPSA) is 8.17 Å². The maximum Gasteiger partial charge on any atom is 0.0491 e. The molecule has 0 radical (unpaired) electrons. The van der Waals surface area contributed by atoms with Crippen molar-refractivity contribution in [3.63, 3.8) is 0 Å². The maximum atomic E-state index is 2.65. The molecule has 0 aliphatic carbocycles. The fraction of sp³-hybridized carbons (Fsp3) is 0.455. The third kappa shape index (κ3) is 2.95. The lowest BCUT2D eigenvalue weighted by Gasteiger charge is -2.24. The molecule has 24 heavy (non-hydrogen) atoms. The SMILES string of the molecule is CCn1c2ccccc2c2cc(CN3CCCCCCC3)ccc21. The summed E-state index contributed by atoms with van der Waals surface area (Å²) in [7, 11) is 0. The molecule has 0 atom stereocenters. The summed E-state index contributed by atoms with van der Waals surface area (Å²) in [6.45, 7) is 6.88. The van der Waals surface area contributed by atoms with Gasteiger partial charge in [-0.05, 0) is 56.6 Å². The number of nitrogens with zero attached hydrogens (tertiary/aromatic N) is 2. The smallest absolute Gasteiger partial charge is 0.0491 e. The van der Waals surface area contributed by atoms with Gasteiger partial charge >= 0.3 is 0 Å². The average Bonchev–Trinajstić information content (AvgIpc) is 2.90. The molecule has 2 heterocycles. The van der Waals surface area contributed by atoms with Gasteiger partial charge in [-0.1, -0.05) is 43.5 Å². The molecular weight excluding hydrogens is 292 g/mol. The van der Waals surface area contributed by atoms with Crippen LogP contribution in [0.15, 0.2) is 42.5 Å². The number of benzene rings is 2. The van der Waals surface area contributed by atoms with Crippen LogP contribution >= 0.6 is 0 Å². The predicted octanol–water partition coefficient (Wildman–Crippen LogP) is 5.58. The van der Waals surface area contributed by atoms with Crippen LogP contribution in [-0.4, -0.2) is 22.6 Å². The Morgan fingerprint density at radius 3 is 2.29 bits per heavy atom. The van der Waals surface area contributed by atoms with Gasteiger partial charge in [0.05, 0.1) is 0 Å². The maximum absolute atomic E-state index is 2.65. The van der Waals surface area contributed by atoms with Gasteiger partial charge in [0.25, 0.3) is 0 Å². The summed E-state index contributed by atoms with van der Waals surface area (Å²) in [6.07, 6.45) is 6.95. The Hall–Kier alpha value is -1.80. The van der Waals surface area contributed by atoms with Gasteiger partial charge in [-0.15, -0.1) is 0 Å². The van der Waals surface area contributed by atoms with E-state index in [1.165, 1.54) is 72.6 Å². The van der Waals surface area contributed by atoms with Crippen LogP contribution in [0.25, 0.3) is 21.8 Å². The Morgan fingerprint density at radius 2 is 1.50 bits per heavy atom. The molecule has 0 spiro atoms. The number of hydrogen-bond donors (Lipinski definition) is 0. The van der Waals surface area contributed by atoms with Crippen molar-refractivity contribution in [1.82, 2.24) is 9.47 Å². The van der Waals surface area contributed by atoms with E-state index in [1.54, 1.807) is 0 Å². The van der Waals surface area contributed by atoms with Crippen LogP contribution in [0.5, 0.6) is 0 Å². The van der Waals surface area contributed by atoms with E-state index in [0.29, 0.717) is 0 Å². The summed E-state index contributed by atoms with van der Waals surface area (Å²) in [4.78, 5) is 2.65. The van der Waals surface area contributed by atoms with Crippen molar-refractivity contribution in [3.8, 4) is 0 Å². The van der Waals surface area contributed by atoms with Crippen molar-refractivity contribution in [2.75, 3.05) is 13.1 Å². The molecular formula is C22H28N2. The number of para-hydroxylation sites is 1. The Labute approximate surface area is 145 Å². The summed E-state index contributed by atoms with van der Waals surface area (Å²) in [5, 5.41) is 2.81. The lowest BCUT2D eigenvalue weighted by Crippen LogP contribution is -2.26. The number of aryl methyl sites for hydroxylation is 1. The van der Waals surface area contributed by atoms with E-state index in [-0.39, 0.29) is 0 Å². The molecule has 4 rings (SSSR count). The Kier molecular flexibility index (Phi) is 4.57. The molecule has 0 bridgehead atoms. The van der Waals surface area contributed by atoms with E-state index in [9.17, 15) is 0 Å². The van der Waals surface area contributed by atoms with E-state index in [0.717, 1.165) is 13.1 Å². The van der Waals surface area contributed by atoms with Gasteiger partial charge in [-0.2, -0.15) is 0 Å². The first-order valence-electron chi connectivity index (χ1n) is 9.59. The number of likely N-dealkylation sites (tertiary alicyclic amines) is 1. The number of fused-ring (bicyclic) bond motifs is 3. The Bertz CT molecular complexity index is 822. The standard InChI is InChI=1S/C22H28N2/c1-2-24-21-11-7-6-10-19(21)20-16-18(12-13-22(20)24)17-23-14-8-4-3-5-9-15-23/h6-7,10-13,16H,2-5,8-9,14-15,17H2,1H3. The number of rotatable bonds is 3. The van der Waals surface area contributed by atoms with Gasteiger partial charge < -0.3 is 4.57 Å². The summed E-state index contributed by atoms with van der Waals surface area (Å²) >= 11 is 0. The zero-order valence-electron chi connectivity index (χ0n) is 14.8. The molecule has 0 saturated carbocycles. The second kappa shape index (κ2) is 6.98. The van der Waals surface area contributed by atoms with E-state index in [2.05, 4.69) is 58.9 Å².